The minimum atomic E-state index is 0.144. The van der Waals surface area contributed by atoms with Gasteiger partial charge in [-0.1, -0.05) is 13.8 Å². The molecule has 0 saturated carbocycles. The van der Waals surface area contributed by atoms with Gasteiger partial charge in [0.2, 0.25) is 5.88 Å². The summed E-state index contributed by atoms with van der Waals surface area (Å²) in [6.07, 6.45) is 3.04. The van der Waals surface area contributed by atoms with E-state index in [1.807, 2.05) is 26.0 Å². The van der Waals surface area contributed by atoms with Crippen LogP contribution < -0.4 is 10.1 Å². The second kappa shape index (κ2) is 6.48. The Morgan fingerprint density at radius 2 is 1.94 bits per heavy atom. The number of pyridine rings is 1. The number of anilines is 1. The van der Waals surface area contributed by atoms with Gasteiger partial charge in [-0.15, -0.1) is 0 Å². The van der Waals surface area contributed by atoms with Gasteiger partial charge in [-0.05, 0) is 45.2 Å². The van der Waals surface area contributed by atoms with E-state index in [1.165, 1.54) is 0 Å². The van der Waals surface area contributed by atoms with Gasteiger partial charge in [-0.25, -0.2) is 4.98 Å². The normalized spacial score (nSPS) is 12.9. The van der Waals surface area contributed by atoms with Gasteiger partial charge in [0, 0.05) is 12.2 Å². The minimum Gasteiger partial charge on any atom is -0.473 e. The molecular formula is C14H24N2O. The molecule has 0 radical (unpaired) electrons. The van der Waals surface area contributed by atoms with Crippen LogP contribution in [0.25, 0.3) is 0 Å². The fourth-order valence-corrected chi connectivity index (χ4v) is 1.85. The molecule has 3 heteroatoms. The van der Waals surface area contributed by atoms with Crippen LogP contribution in [0.4, 0.5) is 5.69 Å². The van der Waals surface area contributed by atoms with Gasteiger partial charge in [0.15, 0.2) is 0 Å². The van der Waals surface area contributed by atoms with Crippen LogP contribution in [0.3, 0.4) is 0 Å². The minimum absolute atomic E-state index is 0.144. The van der Waals surface area contributed by atoms with Gasteiger partial charge in [0.25, 0.3) is 0 Å². The van der Waals surface area contributed by atoms with Crippen molar-refractivity contribution in [1.29, 1.82) is 0 Å². The van der Waals surface area contributed by atoms with E-state index in [9.17, 15) is 0 Å². The van der Waals surface area contributed by atoms with Crippen LogP contribution in [0.15, 0.2) is 18.3 Å². The summed E-state index contributed by atoms with van der Waals surface area (Å²) in [5.74, 6) is 1.38. The van der Waals surface area contributed by atoms with E-state index < -0.39 is 0 Å². The molecule has 0 amide bonds. The van der Waals surface area contributed by atoms with Crippen LogP contribution in [-0.4, -0.2) is 17.1 Å². The van der Waals surface area contributed by atoms with Crippen LogP contribution in [0.1, 0.15) is 41.0 Å². The predicted octanol–water partition coefficient (Wildman–Crippen LogP) is 3.72. The summed E-state index contributed by atoms with van der Waals surface area (Å²) >= 11 is 0. The molecule has 0 aliphatic carbocycles. The lowest BCUT2D eigenvalue weighted by atomic mass is 10.1. The molecule has 1 unspecified atom stereocenters. The predicted molar refractivity (Wildman–Crippen MR) is 72.5 cm³/mol. The monoisotopic (exact) mass is 236 g/mol. The van der Waals surface area contributed by atoms with Gasteiger partial charge in [-0.3, -0.25) is 0 Å². The van der Waals surface area contributed by atoms with Crippen molar-refractivity contribution < 1.29 is 4.74 Å². The maximum absolute atomic E-state index is 5.68. The van der Waals surface area contributed by atoms with Crippen LogP contribution >= 0.6 is 0 Å². The third-order valence-corrected chi connectivity index (χ3v) is 2.35. The third-order valence-electron chi connectivity index (χ3n) is 2.35. The molecule has 1 rings (SSSR count). The zero-order chi connectivity index (χ0) is 12.8. The molecule has 1 aromatic heterocycles. The second-order valence-corrected chi connectivity index (χ2v) is 5.20. The summed E-state index contributed by atoms with van der Waals surface area (Å²) in [6.45, 7) is 10.7. The smallest absolute Gasteiger partial charge is 0.237 e. The molecule has 17 heavy (non-hydrogen) atoms. The van der Waals surface area contributed by atoms with Crippen LogP contribution in [0.2, 0.25) is 0 Å². The number of hydrogen-bond donors (Lipinski definition) is 1. The maximum atomic E-state index is 5.68. The molecule has 0 aliphatic rings. The van der Waals surface area contributed by atoms with E-state index in [4.69, 9.17) is 4.74 Å². The van der Waals surface area contributed by atoms with E-state index in [1.54, 1.807) is 6.20 Å². The van der Waals surface area contributed by atoms with Gasteiger partial charge >= 0.3 is 0 Å². The van der Waals surface area contributed by atoms with E-state index in [-0.39, 0.29) is 6.10 Å². The molecule has 1 aromatic rings. The largest absolute Gasteiger partial charge is 0.473 e. The van der Waals surface area contributed by atoms with Crippen molar-refractivity contribution in [2.24, 2.45) is 5.92 Å². The first-order chi connectivity index (χ1) is 7.99. The second-order valence-electron chi connectivity index (χ2n) is 5.20. The van der Waals surface area contributed by atoms with Gasteiger partial charge < -0.3 is 10.1 Å². The first-order valence-corrected chi connectivity index (χ1v) is 6.37. The van der Waals surface area contributed by atoms with E-state index in [0.717, 1.165) is 12.1 Å². The van der Waals surface area contributed by atoms with Gasteiger partial charge in [0.1, 0.15) is 0 Å². The lowest BCUT2D eigenvalue weighted by Crippen LogP contribution is -2.19. The standard InChI is InChI=1S/C14H24N2O/c1-10(2)9-12(5)16-13-7-6-8-15-14(13)17-11(3)4/h6-8,10-12,16H,9H2,1-5H3. The summed E-state index contributed by atoms with van der Waals surface area (Å²) in [6, 6.07) is 4.37. The fourth-order valence-electron chi connectivity index (χ4n) is 1.85. The average molecular weight is 236 g/mol. The van der Waals surface area contributed by atoms with Gasteiger partial charge in [-0.2, -0.15) is 0 Å². The summed E-state index contributed by atoms with van der Waals surface area (Å²) in [5, 5.41) is 3.46. The molecule has 3 nitrogen and oxygen atoms in total. The van der Waals surface area contributed by atoms with Crippen molar-refractivity contribution in [2.45, 2.75) is 53.2 Å². The molecule has 0 aliphatic heterocycles. The summed E-state index contributed by atoms with van der Waals surface area (Å²) in [4.78, 5) is 4.27. The molecule has 0 aromatic carbocycles. The van der Waals surface area contributed by atoms with Crippen molar-refractivity contribution in [3.8, 4) is 5.88 Å². The molecule has 0 saturated heterocycles. The molecule has 1 N–H and O–H groups in total. The highest BCUT2D eigenvalue weighted by Crippen LogP contribution is 2.23. The quantitative estimate of drug-likeness (QED) is 0.817. The molecule has 1 atom stereocenters. The van der Waals surface area contributed by atoms with Crippen molar-refractivity contribution in [3.05, 3.63) is 18.3 Å². The molecule has 0 bridgehead atoms. The van der Waals surface area contributed by atoms with Crippen LogP contribution in [0.5, 0.6) is 5.88 Å². The Labute approximate surface area is 105 Å². The zero-order valence-corrected chi connectivity index (χ0v) is 11.5. The Morgan fingerprint density at radius 1 is 1.24 bits per heavy atom. The Hall–Kier alpha value is -1.25. The highest BCUT2D eigenvalue weighted by Gasteiger charge is 2.10. The van der Waals surface area contributed by atoms with Crippen molar-refractivity contribution in [1.82, 2.24) is 4.98 Å². The molecule has 0 fully saturated rings. The van der Waals surface area contributed by atoms with Crippen molar-refractivity contribution in [3.63, 3.8) is 0 Å². The SMILES string of the molecule is CC(C)CC(C)Nc1cccnc1OC(C)C. The number of rotatable bonds is 6. The Morgan fingerprint density at radius 3 is 2.53 bits per heavy atom. The average Bonchev–Trinajstić information content (AvgIpc) is 2.18. The molecule has 1 heterocycles. The zero-order valence-electron chi connectivity index (χ0n) is 11.5. The number of nitrogens with one attached hydrogen (secondary N) is 1. The first-order valence-electron chi connectivity index (χ1n) is 6.37. The number of ether oxygens (including phenoxy) is 1. The summed E-state index contributed by atoms with van der Waals surface area (Å²) in [5.41, 5.74) is 0.981. The summed E-state index contributed by atoms with van der Waals surface area (Å²) < 4.78 is 5.68. The van der Waals surface area contributed by atoms with Crippen LogP contribution in [0, 0.1) is 5.92 Å². The van der Waals surface area contributed by atoms with Crippen LogP contribution in [-0.2, 0) is 0 Å². The van der Waals surface area contributed by atoms with Crippen molar-refractivity contribution in [2.75, 3.05) is 5.32 Å². The molecular weight excluding hydrogens is 212 g/mol. The summed E-state index contributed by atoms with van der Waals surface area (Å²) in [7, 11) is 0. The van der Waals surface area contributed by atoms with E-state index in [0.29, 0.717) is 17.8 Å². The Balaban J connectivity index is 2.69. The highest BCUT2D eigenvalue weighted by molar-refractivity contribution is 5.52. The topological polar surface area (TPSA) is 34.2 Å². The van der Waals surface area contributed by atoms with Gasteiger partial charge in [0.05, 0.1) is 11.8 Å². The van der Waals surface area contributed by atoms with Crippen molar-refractivity contribution >= 4 is 5.69 Å². The van der Waals surface area contributed by atoms with E-state index in [2.05, 4.69) is 31.1 Å². The first kappa shape index (κ1) is 13.8. The number of hydrogen-bond acceptors (Lipinski definition) is 3. The maximum Gasteiger partial charge on any atom is 0.237 e. The van der Waals surface area contributed by atoms with E-state index >= 15 is 0 Å². The Kier molecular flexibility index (Phi) is 5.26. The number of aromatic nitrogens is 1. The number of nitrogens with zero attached hydrogens (tertiary/aromatic N) is 1. The molecule has 0 spiro atoms. The Bertz CT molecular complexity index is 337. The lowest BCUT2D eigenvalue weighted by molar-refractivity contribution is 0.234. The lowest BCUT2D eigenvalue weighted by Gasteiger charge is -2.19. The third kappa shape index (κ3) is 5.07. The highest BCUT2D eigenvalue weighted by atomic mass is 16.5. The fraction of sp³-hybridized carbons (Fsp3) is 0.643. The molecule has 96 valence electrons.